The van der Waals surface area contributed by atoms with E-state index in [0.29, 0.717) is 0 Å². The van der Waals surface area contributed by atoms with Crippen molar-refractivity contribution in [2.24, 2.45) is 5.92 Å². The molecule has 1 aliphatic rings. The van der Waals surface area contributed by atoms with Gasteiger partial charge in [0.25, 0.3) is 0 Å². The lowest BCUT2D eigenvalue weighted by molar-refractivity contribution is -0.0616. The summed E-state index contributed by atoms with van der Waals surface area (Å²) >= 11 is 0. The predicted molar refractivity (Wildman–Crippen MR) is 90.5 cm³/mol. The van der Waals surface area contributed by atoms with Gasteiger partial charge >= 0.3 is 0 Å². The Morgan fingerprint density at radius 2 is 1.55 bits per heavy atom. The first-order chi connectivity index (χ1) is 10.6. The van der Waals surface area contributed by atoms with Crippen molar-refractivity contribution in [2.75, 3.05) is 0 Å². The van der Waals surface area contributed by atoms with Gasteiger partial charge in [0.15, 0.2) is 0 Å². The lowest BCUT2D eigenvalue weighted by atomic mass is 9.71. The zero-order chi connectivity index (χ0) is 15.6. The van der Waals surface area contributed by atoms with Crippen LogP contribution in [0, 0.1) is 5.92 Å². The minimum absolute atomic E-state index is 0.181. The highest BCUT2D eigenvalue weighted by atomic mass is 16.3. The molecular formula is C20H25NO. The van der Waals surface area contributed by atoms with E-state index in [0.717, 1.165) is 12.8 Å². The molecule has 4 atom stereocenters. The second-order valence-electron chi connectivity index (χ2n) is 6.59. The first kappa shape index (κ1) is 15.3. The number of hydrogen-bond donors (Lipinski definition) is 2. The summed E-state index contributed by atoms with van der Waals surface area (Å²) in [4.78, 5) is 0. The molecule has 1 fully saturated rings. The van der Waals surface area contributed by atoms with E-state index in [1.807, 2.05) is 19.1 Å². The fourth-order valence-electron chi connectivity index (χ4n) is 3.88. The van der Waals surface area contributed by atoms with Crippen LogP contribution in [0.2, 0.25) is 0 Å². The van der Waals surface area contributed by atoms with E-state index in [9.17, 15) is 5.11 Å². The molecule has 2 nitrogen and oxygen atoms in total. The van der Waals surface area contributed by atoms with Crippen molar-refractivity contribution in [2.45, 2.75) is 44.4 Å². The third-order valence-corrected chi connectivity index (χ3v) is 5.00. The number of aliphatic hydroxyl groups is 1. The van der Waals surface area contributed by atoms with Gasteiger partial charge in [-0.2, -0.15) is 0 Å². The predicted octanol–water partition coefficient (Wildman–Crippen LogP) is 4.24. The van der Waals surface area contributed by atoms with E-state index in [-0.39, 0.29) is 18.0 Å². The van der Waals surface area contributed by atoms with Crippen LogP contribution in [0.1, 0.15) is 49.9 Å². The summed E-state index contributed by atoms with van der Waals surface area (Å²) in [5.41, 5.74) is 1.84. The average molecular weight is 295 g/mol. The SMILES string of the molecule is CC[C@@H]1[C@@H](c2ccccc2)N[C@H](c2ccccc2)C[C@@]1(C)O. The molecule has 0 radical (unpaired) electrons. The van der Waals surface area contributed by atoms with Crippen LogP contribution < -0.4 is 5.32 Å². The second kappa shape index (κ2) is 6.23. The number of piperidine rings is 1. The molecule has 1 aliphatic heterocycles. The van der Waals surface area contributed by atoms with Crippen molar-refractivity contribution < 1.29 is 5.11 Å². The smallest absolute Gasteiger partial charge is 0.0684 e. The number of rotatable bonds is 3. The highest BCUT2D eigenvalue weighted by Gasteiger charge is 2.44. The van der Waals surface area contributed by atoms with Crippen molar-refractivity contribution in [3.63, 3.8) is 0 Å². The fourth-order valence-corrected chi connectivity index (χ4v) is 3.88. The van der Waals surface area contributed by atoms with Crippen LogP contribution in [0.5, 0.6) is 0 Å². The van der Waals surface area contributed by atoms with Crippen LogP contribution >= 0.6 is 0 Å². The summed E-state index contributed by atoms with van der Waals surface area (Å²) in [5.74, 6) is 0.217. The van der Waals surface area contributed by atoms with Gasteiger partial charge in [-0.15, -0.1) is 0 Å². The van der Waals surface area contributed by atoms with Crippen molar-refractivity contribution in [3.8, 4) is 0 Å². The Bertz CT molecular complexity index is 594. The van der Waals surface area contributed by atoms with E-state index >= 15 is 0 Å². The second-order valence-corrected chi connectivity index (χ2v) is 6.59. The molecule has 22 heavy (non-hydrogen) atoms. The minimum Gasteiger partial charge on any atom is -0.390 e. The zero-order valence-corrected chi connectivity index (χ0v) is 13.4. The molecule has 0 saturated carbocycles. The van der Waals surface area contributed by atoms with E-state index < -0.39 is 5.60 Å². The first-order valence-corrected chi connectivity index (χ1v) is 8.20. The largest absolute Gasteiger partial charge is 0.390 e. The lowest BCUT2D eigenvalue weighted by Crippen LogP contribution is -2.51. The van der Waals surface area contributed by atoms with Gasteiger partial charge in [-0.25, -0.2) is 0 Å². The number of hydrogen-bond acceptors (Lipinski definition) is 2. The van der Waals surface area contributed by atoms with Gasteiger partial charge in [0.2, 0.25) is 0 Å². The molecule has 0 bridgehead atoms. The van der Waals surface area contributed by atoms with Gasteiger partial charge in [0.05, 0.1) is 5.60 Å². The summed E-state index contributed by atoms with van der Waals surface area (Å²) in [6.45, 7) is 4.16. The number of nitrogens with one attached hydrogen (secondary N) is 1. The molecule has 0 unspecified atom stereocenters. The lowest BCUT2D eigenvalue weighted by Gasteiger charge is -2.47. The molecule has 1 heterocycles. The number of benzene rings is 2. The molecule has 0 amide bonds. The summed E-state index contributed by atoms with van der Waals surface area (Å²) in [5, 5.41) is 14.8. The van der Waals surface area contributed by atoms with Gasteiger partial charge in [0, 0.05) is 18.0 Å². The van der Waals surface area contributed by atoms with Gasteiger partial charge in [-0.1, -0.05) is 67.6 Å². The quantitative estimate of drug-likeness (QED) is 0.887. The maximum Gasteiger partial charge on any atom is 0.0684 e. The van der Waals surface area contributed by atoms with Crippen LogP contribution in [0.15, 0.2) is 60.7 Å². The van der Waals surface area contributed by atoms with Crippen molar-refractivity contribution in [1.82, 2.24) is 5.32 Å². The fraction of sp³-hybridized carbons (Fsp3) is 0.400. The Morgan fingerprint density at radius 1 is 1.00 bits per heavy atom. The van der Waals surface area contributed by atoms with Crippen molar-refractivity contribution in [1.29, 1.82) is 0 Å². The molecule has 2 aromatic rings. The molecule has 116 valence electrons. The summed E-state index contributed by atoms with van der Waals surface area (Å²) < 4.78 is 0. The Hall–Kier alpha value is -1.64. The average Bonchev–Trinajstić information content (AvgIpc) is 2.55. The maximum absolute atomic E-state index is 11.1. The highest BCUT2D eigenvalue weighted by Crippen LogP contribution is 2.44. The Kier molecular flexibility index (Phi) is 4.32. The van der Waals surface area contributed by atoms with Gasteiger partial charge in [0.1, 0.15) is 0 Å². The summed E-state index contributed by atoms with van der Waals surface area (Å²) in [6, 6.07) is 21.3. The molecule has 1 saturated heterocycles. The normalized spacial score (nSPS) is 31.9. The van der Waals surface area contributed by atoms with Crippen LogP contribution in [0.3, 0.4) is 0 Å². The van der Waals surface area contributed by atoms with E-state index in [1.165, 1.54) is 11.1 Å². The maximum atomic E-state index is 11.1. The van der Waals surface area contributed by atoms with Crippen LogP contribution in [0.4, 0.5) is 0 Å². The molecule has 2 N–H and O–H groups in total. The van der Waals surface area contributed by atoms with E-state index in [1.54, 1.807) is 0 Å². The topological polar surface area (TPSA) is 32.3 Å². The molecule has 0 aliphatic carbocycles. The van der Waals surface area contributed by atoms with E-state index in [2.05, 4.69) is 60.8 Å². The van der Waals surface area contributed by atoms with Crippen LogP contribution in [-0.2, 0) is 0 Å². The Balaban J connectivity index is 1.95. The first-order valence-electron chi connectivity index (χ1n) is 8.20. The van der Waals surface area contributed by atoms with Crippen LogP contribution in [-0.4, -0.2) is 10.7 Å². The van der Waals surface area contributed by atoms with Crippen LogP contribution in [0.25, 0.3) is 0 Å². The van der Waals surface area contributed by atoms with E-state index in [4.69, 9.17) is 0 Å². The third kappa shape index (κ3) is 2.94. The molecule has 0 aromatic heterocycles. The van der Waals surface area contributed by atoms with Gasteiger partial charge in [-0.05, 0) is 30.9 Å². The molecule has 2 heteroatoms. The van der Waals surface area contributed by atoms with Gasteiger partial charge < -0.3 is 10.4 Å². The minimum atomic E-state index is -0.666. The Labute approximate surface area is 133 Å². The van der Waals surface area contributed by atoms with Crippen molar-refractivity contribution >= 4 is 0 Å². The monoisotopic (exact) mass is 295 g/mol. The molecule has 0 spiro atoms. The highest BCUT2D eigenvalue weighted by molar-refractivity contribution is 5.26. The third-order valence-electron chi connectivity index (χ3n) is 5.00. The molecule has 2 aromatic carbocycles. The zero-order valence-electron chi connectivity index (χ0n) is 13.4. The standard InChI is InChI=1S/C20H25NO/c1-3-17-19(16-12-8-5-9-13-16)21-18(14-20(17,2)22)15-10-6-4-7-11-15/h4-13,17-19,21-22H,3,14H2,1-2H3/t17-,18+,19-,20-/m1/s1. The molecular weight excluding hydrogens is 270 g/mol. The summed E-state index contributed by atoms with van der Waals surface area (Å²) in [6.07, 6.45) is 1.71. The summed E-state index contributed by atoms with van der Waals surface area (Å²) in [7, 11) is 0. The molecule has 3 rings (SSSR count). The van der Waals surface area contributed by atoms with Gasteiger partial charge in [-0.3, -0.25) is 0 Å². The van der Waals surface area contributed by atoms with Crippen molar-refractivity contribution in [3.05, 3.63) is 71.8 Å². The Morgan fingerprint density at radius 3 is 2.09 bits per heavy atom.